The lowest BCUT2D eigenvalue weighted by Crippen LogP contribution is -2.49. The van der Waals surface area contributed by atoms with Gasteiger partial charge in [0, 0.05) is 5.41 Å². The third-order valence-electron chi connectivity index (χ3n) is 4.86. The lowest BCUT2D eigenvalue weighted by molar-refractivity contribution is -0.140. The van der Waals surface area contributed by atoms with Crippen molar-refractivity contribution >= 4 is 16.7 Å². The minimum Gasteiger partial charge on any atom is -0.481 e. The zero-order chi connectivity index (χ0) is 13.7. The van der Waals surface area contributed by atoms with E-state index >= 15 is 0 Å². The van der Waals surface area contributed by atoms with Crippen LogP contribution in [0.1, 0.15) is 12.0 Å². The van der Waals surface area contributed by atoms with Crippen molar-refractivity contribution in [2.45, 2.75) is 11.8 Å². The quantitative estimate of drug-likeness (QED) is 0.931. The monoisotopic (exact) mass is 268 g/mol. The average molecular weight is 268 g/mol. The molecule has 0 spiro atoms. The molecule has 2 aromatic rings. The van der Waals surface area contributed by atoms with Crippen LogP contribution >= 0.6 is 0 Å². The Morgan fingerprint density at radius 1 is 1.15 bits per heavy atom. The zero-order valence-electron chi connectivity index (χ0n) is 11.1. The minimum atomic E-state index is -0.665. The lowest BCUT2D eigenvalue weighted by atomic mass is 9.72. The Bertz CT molecular complexity index is 682. The van der Waals surface area contributed by atoms with Gasteiger partial charge in [0.15, 0.2) is 0 Å². The van der Waals surface area contributed by atoms with Crippen molar-refractivity contribution in [3.8, 4) is 0 Å². The van der Waals surface area contributed by atoms with Crippen molar-refractivity contribution in [1.29, 1.82) is 0 Å². The molecule has 1 saturated heterocycles. The van der Waals surface area contributed by atoms with E-state index in [0.29, 0.717) is 13.2 Å². The average Bonchev–Trinajstić information content (AvgIpc) is 3.19. The number of benzene rings is 2. The summed E-state index contributed by atoms with van der Waals surface area (Å²) in [5.41, 5.74) is 1.17. The Labute approximate surface area is 117 Å². The molecule has 102 valence electrons. The van der Waals surface area contributed by atoms with Crippen LogP contribution in [0, 0.1) is 11.8 Å². The van der Waals surface area contributed by atoms with Crippen LogP contribution in [0.2, 0.25) is 0 Å². The predicted molar refractivity (Wildman–Crippen MR) is 75.7 cm³/mol. The van der Waals surface area contributed by atoms with Crippen molar-refractivity contribution in [1.82, 2.24) is 0 Å². The highest BCUT2D eigenvalue weighted by Gasteiger charge is 2.60. The Morgan fingerprint density at radius 2 is 1.90 bits per heavy atom. The number of rotatable bonds is 3. The maximum Gasteiger partial charge on any atom is 0.306 e. The highest BCUT2D eigenvalue weighted by Crippen LogP contribution is 2.56. The first-order valence-electron chi connectivity index (χ1n) is 7.01. The van der Waals surface area contributed by atoms with E-state index in [9.17, 15) is 9.90 Å². The number of aliphatic carboxylic acids is 1. The summed E-state index contributed by atoms with van der Waals surface area (Å²) in [7, 11) is 0. The molecule has 1 N–H and O–H groups in total. The molecule has 3 heteroatoms. The standard InChI is InChI=1S/C17H16O3/c18-16(19)13-8-15(13)17(9-20-10-17)14-7-3-5-11-4-1-2-6-12(11)14/h1-7,13,15H,8-10H2,(H,18,19). The summed E-state index contributed by atoms with van der Waals surface area (Å²) in [5.74, 6) is -0.640. The normalized spacial score (nSPS) is 27.0. The molecular formula is C17H16O3. The smallest absolute Gasteiger partial charge is 0.306 e. The molecule has 0 bridgehead atoms. The molecule has 1 heterocycles. The van der Waals surface area contributed by atoms with Crippen LogP contribution in [0.15, 0.2) is 42.5 Å². The summed E-state index contributed by atoms with van der Waals surface area (Å²) in [6.07, 6.45) is 0.780. The first-order chi connectivity index (χ1) is 9.72. The second kappa shape index (κ2) is 4.06. The van der Waals surface area contributed by atoms with Gasteiger partial charge in [0.1, 0.15) is 0 Å². The second-order valence-electron chi connectivity index (χ2n) is 5.96. The van der Waals surface area contributed by atoms with E-state index in [2.05, 4.69) is 30.3 Å². The van der Waals surface area contributed by atoms with Crippen LogP contribution in [0.25, 0.3) is 10.8 Å². The molecule has 0 amide bonds. The SMILES string of the molecule is O=C(O)C1CC1C1(c2cccc3ccccc23)COC1. The molecule has 20 heavy (non-hydrogen) atoms. The van der Waals surface area contributed by atoms with Gasteiger partial charge in [0.2, 0.25) is 0 Å². The summed E-state index contributed by atoms with van der Waals surface area (Å²) in [6.45, 7) is 1.30. The topological polar surface area (TPSA) is 46.5 Å². The van der Waals surface area contributed by atoms with Crippen LogP contribution in [-0.4, -0.2) is 24.3 Å². The zero-order valence-corrected chi connectivity index (χ0v) is 11.1. The van der Waals surface area contributed by atoms with Crippen molar-refractivity contribution in [2.75, 3.05) is 13.2 Å². The van der Waals surface area contributed by atoms with Gasteiger partial charge in [-0.1, -0.05) is 42.5 Å². The van der Waals surface area contributed by atoms with E-state index in [0.717, 1.165) is 6.42 Å². The van der Waals surface area contributed by atoms with Gasteiger partial charge in [-0.3, -0.25) is 4.79 Å². The molecule has 0 aromatic heterocycles. The lowest BCUT2D eigenvalue weighted by Gasteiger charge is -2.43. The first kappa shape index (κ1) is 11.9. The van der Waals surface area contributed by atoms with Gasteiger partial charge in [-0.05, 0) is 28.7 Å². The number of hydrogen-bond acceptors (Lipinski definition) is 2. The van der Waals surface area contributed by atoms with E-state index in [1.807, 2.05) is 12.1 Å². The summed E-state index contributed by atoms with van der Waals surface area (Å²) in [6, 6.07) is 14.6. The van der Waals surface area contributed by atoms with E-state index < -0.39 is 5.97 Å². The van der Waals surface area contributed by atoms with Gasteiger partial charge < -0.3 is 9.84 Å². The van der Waals surface area contributed by atoms with Crippen LogP contribution < -0.4 is 0 Å². The molecule has 4 rings (SSSR count). The van der Waals surface area contributed by atoms with Crippen LogP contribution in [0.5, 0.6) is 0 Å². The summed E-state index contributed by atoms with van der Waals surface area (Å²) in [5, 5.41) is 11.7. The van der Waals surface area contributed by atoms with Crippen molar-refractivity contribution < 1.29 is 14.6 Å². The van der Waals surface area contributed by atoms with Gasteiger partial charge in [0.25, 0.3) is 0 Å². The van der Waals surface area contributed by atoms with Crippen molar-refractivity contribution in [2.24, 2.45) is 11.8 Å². The fourth-order valence-electron chi connectivity index (χ4n) is 3.63. The van der Waals surface area contributed by atoms with Gasteiger partial charge in [-0.15, -0.1) is 0 Å². The fraction of sp³-hybridized carbons (Fsp3) is 0.353. The Hall–Kier alpha value is -1.87. The van der Waals surface area contributed by atoms with E-state index in [-0.39, 0.29) is 17.3 Å². The Morgan fingerprint density at radius 3 is 2.55 bits per heavy atom. The molecule has 2 unspecified atom stereocenters. The highest BCUT2D eigenvalue weighted by atomic mass is 16.5. The molecule has 2 aromatic carbocycles. The fourth-order valence-corrected chi connectivity index (χ4v) is 3.63. The largest absolute Gasteiger partial charge is 0.481 e. The van der Waals surface area contributed by atoms with E-state index in [4.69, 9.17) is 4.74 Å². The maximum absolute atomic E-state index is 11.2. The molecule has 2 atom stereocenters. The molecular weight excluding hydrogens is 252 g/mol. The molecule has 2 fully saturated rings. The van der Waals surface area contributed by atoms with Gasteiger partial charge in [-0.25, -0.2) is 0 Å². The van der Waals surface area contributed by atoms with E-state index in [1.165, 1.54) is 16.3 Å². The van der Waals surface area contributed by atoms with Gasteiger partial charge >= 0.3 is 5.97 Å². The van der Waals surface area contributed by atoms with Crippen molar-refractivity contribution in [3.05, 3.63) is 48.0 Å². The summed E-state index contributed by atoms with van der Waals surface area (Å²) in [4.78, 5) is 11.2. The second-order valence-corrected chi connectivity index (χ2v) is 5.96. The minimum absolute atomic E-state index is 0.0933. The van der Waals surface area contributed by atoms with Crippen LogP contribution in [-0.2, 0) is 14.9 Å². The Balaban J connectivity index is 1.83. The molecule has 0 radical (unpaired) electrons. The number of ether oxygens (including phenoxy) is 1. The summed E-state index contributed by atoms with van der Waals surface area (Å²) < 4.78 is 5.48. The van der Waals surface area contributed by atoms with Crippen LogP contribution in [0.3, 0.4) is 0 Å². The van der Waals surface area contributed by atoms with Gasteiger partial charge in [-0.2, -0.15) is 0 Å². The first-order valence-corrected chi connectivity index (χ1v) is 7.01. The third kappa shape index (κ3) is 1.53. The molecule has 1 aliphatic heterocycles. The molecule has 1 aliphatic carbocycles. The van der Waals surface area contributed by atoms with E-state index in [1.54, 1.807) is 0 Å². The van der Waals surface area contributed by atoms with Gasteiger partial charge in [0.05, 0.1) is 19.1 Å². The third-order valence-corrected chi connectivity index (χ3v) is 4.86. The molecule has 2 aliphatic rings. The number of fused-ring (bicyclic) bond motifs is 1. The number of carbonyl (C=O) groups is 1. The number of carboxylic acid groups (broad SMARTS) is 1. The van der Waals surface area contributed by atoms with Crippen molar-refractivity contribution in [3.63, 3.8) is 0 Å². The molecule has 1 saturated carbocycles. The Kier molecular flexibility index (Phi) is 2.42. The number of hydrogen-bond donors (Lipinski definition) is 1. The molecule has 3 nitrogen and oxygen atoms in total. The predicted octanol–water partition coefficient (Wildman–Crippen LogP) is 2.83. The summed E-state index contributed by atoms with van der Waals surface area (Å²) >= 11 is 0. The highest BCUT2D eigenvalue weighted by molar-refractivity contribution is 5.87. The number of carboxylic acids is 1. The maximum atomic E-state index is 11.2. The van der Waals surface area contributed by atoms with Crippen LogP contribution in [0.4, 0.5) is 0 Å².